The average Bonchev–Trinajstić information content (AvgIpc) is 2.86. The Kier molecular flexibility index (Phi) is 9.18. The van der Waals surface area contributed by atoms with E-state index in [1.54, 1.807) is 0 Å². The van der Waals surface area contributed by atoms with E-state index in [0.717, 1.165) is 16.7 Å². The second-order valence-corrected chi connectivity index (χ2v) is 8.93. The van der Waals surface area contributed by atoms with Crippen LogP contribution in [0.3, 0.4) is 0 Å². The molecule has 3 aromatic rings. The first-order valence-electron chi connectivity index (χ1n) is 11.1. The first-order chi connectivity index (χ1) is 16.2. The summed E-state index contributed by atoms with van der Waals surface area (Å²) in [5, 5.41) is -0.568. The van der Waals surface area contributed by atoms with Gasteiger partial charge >= 0.3 is 0 Å². The minimum atomic E-state index is -0.714. The van der Waals surface area contributed by atoms with Crippen molar-refractivity contribution < 1.29 is 18.9 Å². The molecule has 0 unspecified atom stereocenters. The number of halogens is 2. The van der Waals surface area contributed by atoms with E-state index in [1.807, 2.05) is 91.0 Å². The Morgan fingerprint density at radius 1 is 0.606 bits per heavy atom. The molecule has 4 nitrogen and oxygen atoms in total. The smallest absolute Gasteiger partial charge is 0.150 e. The molecule has 174 valence electrons. The average molecular weight is 487 g/mol. The van der Waals surface area contributed by atoms with E-state index in [-0.39, 0.29) is 0 Å². The highest BCUT2D eigenvalue weighted by molar-refractivity contribution is 6.29. The molecular formula is C27H28Cl2O4. The third kappa shape index (κ3) is 7.03. The van der Waals surface area contributed by atoms with E-state index >= 15 is 0 Å². The molecule has 0 spiro atoms. The van der Waals surface area contributed by atoms with Crippen LogP contribution in [0.1, 0.15) is 16.7 Å². The second-order valence-electron chi connectivity index (χ2n) is 7.99. The molecule has 33 heavy (non-hydrogen) atoms. The van der Waals surface area contributed by atoms with Gasteiger partial charge in [0.1, 0.15) is 23.7 Å². The highest BCUT2D eigenvalue weighted by atomic mass is 35.5. The minimum Gasteiger partial charge on any atom is -0.374 e. The van der Waals surface area contributed by atoms with Gasteiger partial charge in [0.25, 0.3) is 0 Å². The van der Waals surface area contributed by atoms with Gasteiger partial charge < -0.3 is 18.9 Å². The van der Waals surface area contributed by atoms with Gasteiger partial charge in [0.05, 0.1) is 26.4 Å². The summed E-state index contributed by atoms with van der Waals surface area (Å²) in [6, 6.07) is 30.0. The number of hydrogen-bond donors (Lipinski definition) is 0. The number of benzene rings is 3. The van der Waals surface area contributed by atoms with Gasteiger partial charge in [0.15, 0.2) is 5.56 Å². The van der Waals surface area contributed by atoms with Crippen molar-refractivity contribution in [1.29, 1.82) is 0 Å². The number of alkyl halides is 2. The molecule has 3 aromatic carbocycles. The summed E-state index contributed by atoms with van der Waals surface area (Å²) in [5.74, 6) is 0. The normalized spacial score (nSPS) is 25.1. The number of hydrogen-bond acceptors (Lipinski definition) is 4. The van der Waals surface area contributed by atoms with Gasteiger partial charge in [-0.3, -0.25) is 0 Å². The van der Waals surface area contributed by atoms with Crippen molar-refractivity contribution in [1.82, 2.24) is 0 Å². The Morgan fingerprint density at radius 3 is 1.58 bits per heavy atom. The van der Waals surface area contributed by atoms with Crippen LogP contribution >= 0.6 is 23.2 Å². The molecule has 0 aliphatic carbocycles. The van der Waals surface area contributed by atoms with Crippen molar-refractivity contribution in [3.05, 3.63) is 108 Å². The van der Waals surface area contributed by atoms with E-state index in [1.165, 1.54) is 0 Å². The summed E-state index contributed by atoms with van der Waals surface area (Å²) in [6.45, 7) is 1.60. The summed E-state index contributed by atoms with van der Waals surface area (Å²) in [5.41, 5.74) is 2.49. The fraction of sp³-hybridized carbons (Fsp3) is 0.333. The lowest BCUT2D eigenvalue weighted by Crippen LogP contribution is -2.57. The summed E-state index contributed by atoms with van der Waals surface area (Å²) in [6.07, 6.45) is -1.32. The van der Waals surface area contributed by atoms with Crippen molar-refractivity contribution in [2.45, 2.75) is 49.1 Å². The number of ether oxygens (including phenoxy) is 4. The predicted molar refractivity (Wildman–Crippen MR) is 130 cm³/mol. The molecule has 1 heterocycles. The van der Waals surface area contributed by atoms with Crippen molar-refractivity contribution in [3.8, 4) is 0 Å². The van der Waals surface area contributed by atoms with Crippen LogP contribution < -0.4 is 0 Å². The van der Waals surface area contributed by atoms with Crippen LogP contribution in [0.15, 0.2) is 91.0 Å². The van der Waals surface area contributed by atoms with E-state index < -0.39 is 29.3 Å². The SMILES string of the molecule is Cl[C@H]1[C@@H](OCc2ccccc2)[C@H](OCc2ccccc2)[C@@H](COCc2ccccc2)O[C@@H]1Cl. The molecule has 1 aliphatic heterocycles. The zero-order valence-electron chi connectivity index (χ0n) is 18.3. The van der Waals surface area contributed by atoms with E-state index in [2.05, 4.69) is 0 Å². The molecule has 0 N–H and O–H groups in total. The Bertz CT molecular complexity index is 942. The molecule has 0 aromatic heterocycles. The van der Waals surface area contributed by atoms with E-state index in [9.17, 15) is 0 Å². The zero-order chi connectivity index (χ0) is 22.9. The second kappa shape index (κ2) is 12.5. The molecule has 1 fully saturated rings. The standard InChI is InChI=1S/C27H28Cl2O4/c28-24-26(32-18-22-14-8-3-9-15-22)25(31-17-21-12-6-2-7-13-21)23(33-27(24)29)19-30-16-20-10-4-1-5-11-20/h1-15,23-27H,16-19H2/t23-,24+,25-,26-,27+/m1/s1. The van der Waals surface area contributed by atoms with Crippen LogP contribution in [0.4, 0.5) is 0 Å². The molecule has 0 amide bonds. The molecular weight excluding hydrogens is 459 g/mol. The lowest BCUT2D eigenvalue weighted by molar-refractivity contribution is -0.203. The van der Waals surface area contributed by atoms with Gasteiger partial charge in [-0.15, -0.1) is 11.6 Å². The van der Waals surface area contributed by atoms with Gasteiger partial charge in [0.2, 0.25) is 0 Å². The quantitative estimate of drug-likeness (QED) is 0.332. The highest BCUT2D eigenvalue weighted by Gasteiger charge is 2.46. The van der Waals surface area contributed by atoms with Crippen LogP contribution in [-0.2, 0) is 38.8 Å². The van der Waals surface area contributed by atoms with Crippen molar-refractivity contribution in [3.63, 3.8) is 0 Å². The molecule has 1 saturated heterocycles. The van der Waals surface area contributed by atoms with Crippen molar-refractivity contribution in [2.24, 2.45) is 0 Å². The van der Waals surface area contributed by atoms with E-state index in [0.29, 0.717) is 26.4 Å². The fourth-order valence-corrected chi connectivity index (χ4v) is 4.34. The molecule has 4 rings (SSSR count). The van der Waals surface area contributed by atoms with Crippen LogP contribution in [0.25, 0.3) is 0 Å². The first-order valence-corrected chi connectivity index (χ1v) is 11.9. The molecule has 0 bridgehead atoms. The maximum atomic E-state index is 6.67. The van der Waals surface area contributed by atoms with Crippen LogP contribution in [0.2, 0.25) is 0 Å². The zero-order valence-corrected chi connectivity index (χ0v) is 19.8. The van der Waals surface area contributed by atoms with Gasteiger partial charge in [-0.2, -0.15) is 0 Å². The Labute approximate surface area is 205 Å². The predicted octanol–water partition coefficient (Wildman–Crippen LogP) is 5.95. The van der Waals surface area contributed by atoms with Gasteiger partial charge in [-0.05, 0) is 16.7 Å². The third-order valence-corrected chi connectivity index (χ3v) is 6.50. The lowest BCUT2D eigenvalue weighted by atomic mass is 10.0. The largest absolute Gasteiger partial charge is 0.374 e. The summed E-state index contributed by atoms with van der Waals surface area (Å²) < 4.78 is 24.6. The van der Waals surface area contributed by atoms with Crippen LogP contribution in [0, 0.1) is 0 Å². The number of rotatable bonds is 10. The van der Waals surface area contributed by atoms with E-state index in [4.69, 9.17) is 42.1 Å². The molecule has 6 heteroatoms. The van der Waals surface area contributed by atoms with Crippen molar-refractivity contribution >= 4 is 23.2 Å². The van der Waals surface area contributed by atoms with Crippen molar-refractivity contribution in [2.75, 3.05) is 6.61 Å². The summed E-state index contributed by atoms with van der Waals surface area (Å²) in [7, 11) is 0. The Balaban J connectivity index is 1.46. The molecule has 0 radical (unpaired) electrons. The highest BCUT2D eigenvalue weighted by Crippen LogP contribution is 2.33. The Morgan fingerprint density at radius 2 is 1.06 bits per heavy atom. The maximum absolute atomic E-state index is 6.67. The third-order valence-electron chi connectivity index (χ3n) is 5.52. The molecule has 1 aliphatic rings. The maximum Gasteiger partial charge on any atom is 0.150 e. The van der Waals surface area contributed by atoms with Gasteiger partial charge in [0, 0.05) is 0 Å². The van der Waals surface area contributed by atoms with Crippen LogP contribution in [0.5, 0.6) is 0 Å². The first kappa shape index (κ1) is 24.2. The van der Waals surface area contributed by atoms with Gasteiger partial charge in [-0.25, -0.2) is 0 Å². The Hall–Kier alpha value is -1.92. The topological polar surface area (TPSA) is 36.9 Å². The molecule has 5 atom stereocenters. The monoisotopic (exact) mass is 486 g/mol. The fourth-order valence-electron chi connectivity index (χ4n) is 3.78. The molecule has 0 saturated carbocycles. The van der Waals surface area contributed by atoms with Crippen LogP contribution in [-0.4, -0.2) is 35.9 Å². The van der Waals surface area contributed by atoms with Gasteiger partial charge in [-0.1, -0.05) is 103 Å². The lowest BCUT2D eigenvalue weighted by Gasteiger charge is -2.42. The summed E-state index contributed by atoms with van der Waals surface area (Å²) in [4.78, 5) is 0. The summed E-state index contributed by atoms with van der Waals surface area (Å²) >= 11 is 13.1. The minimum absolute atomic E-state index is 0.312.